The number of hydrogen-bond donors (Lipinski definition) is 0. The molecule has 0 fully saturated rings. The largest absolute Gasteiger partial charge is 0.294 e. The van der Waals surface area contributed by atoms with Gasteiger partial charge < -0.3 is 0 Å². The molecule has 2 heterocycles. The fourth-order valence-electron chi connectivity index (χ4n) is 3.13. The molecular formula is C21H17FN2OS. The molecule has 2 aromatic heterocycles. The van der Waals surface area contributed by atoms with Crippen LogP contribution in [0.5, 0.6) is 0 Å². The predicted octanol–water partition coefficient (Wildman–Crippen LogP) is 4.93. The lowest BCUT2D eigenvalue weighted by Gasteiger charge is -2.08. The summed E-state index contributed by atoms with van der Waals surface area (Å²) in [6, 6.07) is 14.6. The first-order valence-corrected chi connectivity index (χ1v) is 9.15. The van der Waals surface area contributed by atoms with Crippen molar-refractivity contribution in [1.29, 1.82) is 0 Å². The minimum atomic E-state index is -0.320. The highest BCUT2D eigenvalue weighted by Crippen LogP contribution is 2.35. The van der Waals surface area contributed by atoms with Gasteiger partial charge in [-0.3, -0.25) is 9.36 Å². The summed E-state index contributed by atoms with van der Waals surface area (Å²) in [6.45, 7) is 4.20. The fraction of sp³-hybridized carbons (Fsp3) is 0.143. The number of aryl methyl sites for hydroxylation is 2. The summed E-state index contributed by atoms with van der Waals surface area (Å²) < 4.78 is 15.5. The van der Waals surface area contributed by atoms with Crippen LogP contribution in [-0.4, -0.2) is 9.55 Å². The number of halogens is 1. The minimum Gasteiger partial charge on any atom is -0.294 e. The molecule has 0 radical (unpaired) electrons. The van der Waals surface area contributed by atoms with Gasteiger partial charge in [0, 0.05) is 16.0 Å². The number of aromatic nitrogens is 2. The summed E-state index contributed by atoms with van der Waals surface area (Å²) >= 11 is 1.51. The van der Waals surface area contributed by atoms with E-state index in [4.69, 9.17) is 0 Å². The normalized spacial score (nSPS) is 11.2. The number of benzene rings is 2. The Morgan fingerprint density at radius 3 is 2.54 bits per heavy atom. The van der Waals surface area contributed by atoms with Crippen LogP contribution in [0, 0.1) is 19.7 Å². The Kier molecular flexibility index (Phi) is 4.17. The Balaban J connectivity index is 1.89. The molecule has 0 bridgehead atoms. The molecule has 4 aromatic rings. The maximum atomic E-state index is 14.0. The monoisotopic (exact) mass is 364 g/mol. The molecule has 26 heavy (non-hydrogen) atoms. The molecule has 0 saturated heterocycles. The number of fused-ring (bicyclic) bond motifs is 1. The zero-order valence-corrected chi connectivity index (χ0v) is 15.3. The summed E-state index contributed by atoms with van der Waals surface area (Å²) in [5.41, 5.74) is 3.42. The highest BCUT2D eigenvalue weighted by atomic mass is 32.1. The smallest absolute Gasteiger partial charge is 0.263 e. The summed E-state index contributed by atoms with van der Waals surface area (Å²) in [4.78, 5) is 19.3. The number of thiophene rings is 1. The van der Waals surface area contributed by atoms with Gasteiger partial charge in [-0.2, -0.15) is 0 Å². The van der Waals surface area contributed by atoms with E-state index in [1.54, 1.807) is 18.2 Å². The molecule has 2 aromatic carbocycles. The van der Waals surface area contributed by atoms with Crippen molar-refractivity contribution in [2.75, 3.05) is 0 Å². The van der Waals surface area contributed by atoms with Gasteiger partial charge in [0.2, 0.25) is 0 Å². The van der Waals surface area contributed by atoms with Crippen LogP contribution >= 0.6 is 11.3 Å². The van der Waals surface area contributed by atoms with E-state index in [2.05, 4.69) is 4.98 Å². The first-order chi connectivity index (χ1) is 12.5. The lowest BCUT2D eigenvalue weighted by Crippen LogP contribution is -2.21. The van der Waals surface area contributed by atoms with E-state index in [0.717, 1.165) is 16.0 Å². The van der Waals surface area contributed by atoms with E-state index in [1.807, 2.05) is 38.1 Å². The molecule has 4 rings (SSSR count). The zero-order chi connectivity index (χ0) is 18.3. The second-order valence-corrected chi connectivity index (χ2v) is 7.55. The Bertz CT molecular complexity index is 1160. The first-order valence-electron chi connectivity index (χ1n) is 8.33. The van der Waals surface area contributed by atoms with E-state index >= 15 is 0 Å². The topological polar surface area (TPSA) is 34.9 Å². The number of hydrogen-bond acceptors (Lipinski definition) is 3. The van der Waals surface area contributed by atoms with Crippen LogP contribution in [0.1, 0.15) is 16.0 Å². The Morgan fingerprint density at radius 1 is 1.08 bits per heavy atom. The summed E-state index contributed by atoms with van der Waals surface area (Å²) in [5.74, 6) is -0.320. The van der Waals surface area contributed by atoms with Crippen LogP contribution in [0.2, 0.25) is 0 Å². The van der Waals surface area contributed by atoms with Gasteiger partial charge >= 0.3 is 0 Å². The van der Waals surface area contributed by atoms with Crippen molar-refractivity contribution in [3.05, 3.63) is 87.0 Å². The van der Waals surface area contributed by atoms with E-state index in [9.17, 15) is 9.18 Å². The molecule has 0 saturated carbocycles. The third-order valence-electron chi connectivity index (χ3n) is 4.49. The molecule has 0 aliphatic rings. The van der Waals surface area contributed by atoms with Crippen LogP contribution in [0.3, 0.4) is 0 Å². The van der Waals surface area contributed by atoms with Crippen LogP contribution in [0.25, 0.3) is 21.3 Å². The van der Waals surface area contributed by atoms with Gasteiger partial charge in [0.05, 0.1) is 18.3 Å². The van der Waals surface area contributed by atoms with Crippen molar-refractivity contribution in [3.8, 4) is 11.1 Å². The van der Waals surface area contributed by atoms with E-state index in [-0.39, 0.29) is 17.9 Å². The summed E-state index contributed by atoms with van der Waals surface area (Å²) in [7, 11) is 0. The van der Waals surface area contributed by atoms with Gasteiger partial charge in [-0.15, -0.1) is 11.3 Å². The standard InChI is InChI=1S/C21H17FN2OS/c1-13-7-9-15(10-8-13)18-14(2)26-20-19(18)21(25)24(12-23-20)11-16-5-3-4-6-17(16)22/h3-10,12H,11H2,1-2H3. The van der Waals surface area contributed by atoms with Crippen LogP contribution in [0.4, 0.5) is 4.39 Å². The average molecular weight is 364 g/mol. The second-order valence-electron chi connectivity index (χ2n) is 6.35. The molecule has 0 amide bonds. The molecule has 5 heteroatoms. The molecule has 0 aliphatic heterocycles. The SMILES string of the molecule is Cc1ccc(-c2c(C)sc3ncn(Cc4ccccc4F)c(=O)c23)cc1. The lowest BCUT2D eigenvalue weighted by molar-refractivity contribution is 0.595. The van der Waals surface area contributed by atoms with E-state index < -0.39 is 0 Å². The minimum absolute atomic E-state index is 0.141. The first kappa shape index (κ1) is 16.7. The van der Waals surface area contributed by atoms with Crippen LogP contribution in [0.15, 0.2) is 59.7 Å². The van der Waals surface area contributed by atoms with E-state index in [1.165, 1.54) is 33.9 Å². The highest BCUT2D eigenvalue weighted by molar-refractivity contribution is 7.19. The highest BCUT2D eigenvalue weighted by Gasteiger charge is 2.17. The summed E-state index contributed by atoms with van der Waals surface area (Å²) in [5, 5.41) is 0.607. The number of nitrogens with zero attached hydrogens (tertiary/aromatic N) is 2. The molecule has 0 spiro atoms. The average Bonchev–Trinajstić information content (AvgIpc) is 2.97. The maximum Gasteiger partial charge on any atom is 0.263 e. The van der Waals surface area contributed by atoms with Crippen molar-refractivity contribution < 1.29 is 4.39 Å². The third kappa shape index (κ3) is 2.84. The van der Waals surface area contributed by atoms with Gasteiger partial charge in [-0.05, 0) is 25.5 Å². The fourth-order valence-corrected chi connectivity index (χ4v) is 4.13. The van der Waals surface area contributed by atoms with Crippen LogP contribution < -0.4 is 5.56 Å². The molecule has 0 atom stereocenters. The van der Waals surface area contributed by atoms with Gasteiger partial charge in [-0.25, -0.2) is 9.37 Å². The predicted molar refractivity (Wildman–Crippen MR) is 104 cm³/mol. The Morgan fingerprint density at radius 2 is 1.81 bits per heavy atom. The zero-order valence-electron chi connectivity index (χ0n) is 14.5. The third-order valence-corrected chi connectivity index (χ3v) is 5.51. The molecule has 130 valence electrons. The Labute approximate surface area is 154 Å². The lowest BCUT2D eigenvalue weighted by atomic mass is 10.0. The second kappa shape index (κ2) is 6.50. The molecule has 0 unspecified atom stereocenters. The van der Waals surface area contributed by atoms with Gasteiger partial charge in [0.15, 0.2) is 0 Å². The number of rotatable bonds is 3. The van der Waals surface area contributed by atoms with Crippen molar-refractivity contribution in [3.63, 3.8) is 0 Å². The molecule has 0 N–H and O–H groups in total. The van der Waals surface area contributed by atoms with Gasteiger partial charge in [-0.1, -0.05) is 48.0 Å². The van der Waals surface area contributed by atoms with Gasteiger partial charge in [0.1, 0.15) is 10.6 Å². The van der Waals surface area contributed by atoms with Crippen molar-refractivity contribution in [2.45, 2.75) is 20.4 Å². The molecular weight excluding hydrogens is 347 g/mol. The quantitative estimate of drug-likeness (QED) is 0.517. The van der Waals surface area contributed by atoms with E-state index in [0.29, 0.717) is 15.8 Å². The van der Waals surface area contributed by atoms with Gasteiger partial charge in [0.25, 0.3) is 5.56 Å². The molecule has 3 nitrogen and oxygen atoms in total. The van der Waals surface area contributed by atoms with Crippen molar-refractivity contribution in [2.24, 2.45) is 0 Å². The Hall–Kier alpha value is -2.79. The summed E-state index contributed by atoms with van der Waals surface area (Å²) in [6.07, 6.45) is 1.51. The maximum absolute atomic E-state index is 14.0. The molecule has 0 aliphatic carbocycles. The van der Waals surface area contributed by atoms with Crippen LogP contribution in [-0.2, 0) is 6.54 Å². The van der Waals surface area contributed by atoms with Crippen molar-refractivity contribution in [1.82, 2.24) is 9.55 Å². The van der Waals surface area contributed by atoms with Crippen molar-refractivity contribution >= 4 is 21.6 Å².